The molecule has 0 radical (unpaired) electrons. The Kier molecular flexibility index (Phi) is 3.73. The number of hydrogen-bond donors (Lipinski definition) is 2. The SMILES string of the molecule is CC(C)(C)CC(=O)N1CC(O)C[C@H]1CO. The van der Waals surface area contributed by atoms with E-state index in [0.717, 1.165) is 0 Å². The van der Waals surface area contributed by atoms with E-state index in [2.05, 4.69) is 0 Å². The van der Waals surface area contributed by atoms with E-state index in [1.807, 2.05) is 20.8 Å². The highest BCUT2D eigenvalue weighted by atomic mass is 16.3. The van der Waals surface area contributed by atoms with Gasteiger partial charge in [0.25, 0.3) is 0 Å². The number of β-amino-alcohol motifs (C(OH)–C–C–N with tert-alkyl or cyclic N) is 1. The Hall–Kier alpha value is -0.610. The predicted octanol–water partition coefficient (Wildman–Crippen LogP) is 0.377. The minimum Gasteiger partial charge on any atom is -0.394 e. The summed E-state index contributed by atoms with van der Waals surface area (Å²) in [6.07, 6.45) is 0.467. The molecule has 4 heteroatoms. The number of amides is 1. The largest absolute Gasteiger partial charge is 0.394 e. The van der Waals surface area contributed by atoms with Crippen LogP contribution in [0.15, 0.2) is 0 Å². The third-order valence-electron chi connectivity index (χ3n) is 2.61. The summed E-state index contributed by atoms with van der Waals surface area (Å²) < 4.78 is 0. The van der Waals surface area contributed by atoms with E-state index in [4.69, 9.17) is 5.11 Å². The number of hydrogen-bond acceptors (Lipinski definition) is 3. The van der Waals surface area contributed by atoms with Crippen LogP contribution in [0.2, 0.25) is 0 Å². The topological polar surface area (TPSA) is 60.8 Å². The zero-order chi connectivity index (χ0) is 11.6. The molecule has 1 aliphatic heterocycles. The van der Waals surface area contributed by atoms with E-state index in [0.29, 0.717) is 19.4 Å². The molecule has 2 atom stereocenters. The van der Waals surface area contributed by atoms with E-state index in [-0.39, 0.29) is 24.0 Å². The van der Waals surface area contributed by atoms with Crippen molar-refractivity contribution < 1.29 is 15.0 Å². The van der Waals surface area contributed by atoms with Gasteiger partial charge >= 0.3 is 0 Å². The second-order valence-electron chi connectivity index (χ2n) is 5.51. The first-order valence-electron chi connectivity index (χ1n) is 5.42. The smallest absolute Gasteiger partial charge is 0.223 e. The van der Waals surface area contributed by atoms with Crippen LogP contribution in [0.4, 0.5) is 0 Å². The van der Waals surface area contributed by atoms with Crippen LogP contribution >= 0.6 is 0 Å². The van der Waals surface area contributed by atoms with Gasteiger partial charge in [-0.15, -0.1) is 0 Å². The molecule has 0 bridgehead atoms. The number of nitrogens with zero attached hydrogens (tertiary/aromatic N) is 1. The van der Waals surface area contributed by atoms with Crippen LogP contribution < -0.4 is 0 Å². The quantitative estimate of drug-likeness (QED) is 0.700. The Morgan fingerprint density at radius 3 is 2.53 bits per heavy atom. The van der Waals surface area contributed by atoms with Crippen molar-refractivity contribution in [3.8, 4) is 0 Å². The Morgan fingerprint density at radius 2 is 2.07 bits per heavy atom. The van der Waals surface area contributed by atoms with Gasteiger partial charge in [0.05, 0.1) is 18.8 Å². The van der Waals surface area contributed by atoms with Gasteiger partial charge in [0.1, 0.15) is 0 Å². The minimum absolute atomic E-state index is 0.0260. The molecule has 1 aliphatic rings. The maximum atomic E-state index is 11.9. The number of aliphatic hydroxyl groups excluding tert-OH is 2. The lowest BCUT2D eigenvalue weighted by Gasteiger charge is -2.26. The summed E-state index contributed by atoms with van der Waals surface area (Å²) in [4.78, 5) is 13.5. The molecule has 0 spiro atoms. The summed E-state index contributed by atoms with van der Waals surface area (Å²) in [5.74, 6) is 0.0260. The average molecular weight is 215 g/mol. The van der Waals surface area contributed by atoms with Crippen molar-refractivity contribution in [1.29, 1.82) is 0 Å². The Bertz CT molecular complexity index is 234. The van der Waals surface area contributed by atoms with E-state index >= 15 is 0 Å². The molecule has 4 nitrogen and oxygen atoms in total. The predicted molar refractivity (Wildman–Crippen MR) is 57.3 cm³/mol. The number of aliphatic hydroxyl groups is 2. The van der Waals surface area contributed by atoms with Crippen LogP contribution in [0.1, 0.15) is 33.6 Å². The van der Waals surface area contributed by atoms with E-state index < -0.39 is 6.10 Å². The van der Waals surface area contributed by atoms with Crippen LogP contribution in [0, 0.1) is 5.41 Å². The van der Waals surface area contributed by atoms with Crippen LogP contribution in [-0.2, 0) is 4.79 Å². The molecule has 0 aliphatic carbocycles. The zero-order valence-electron chi connectivity index (χ0n) is 9.73. The van der Waals surface area contributed by atoms with E-state index in [9.17, 15) is 9.90 Å². The number of carbonyl (C=O) groups excluding carboxylic acids is 1. The molecular weight excluding hydrogens is 194 g/mol. The summed E-state index contributed by atoms with van der Waals surface area (Å²) in [5.41, 5.74) is -0.0510. The maximum absolute atomic E-state index is 11.9. The highest BCUT2D eigenvalue weighted by molar-refractivity contribution is 5.77. The summed E-state index contributed by atoms with van der Waals surface area (Å²) >= 11 is 0. The first-order chi connectivity index (χ1) is 6.83. The Balaban J connectivity index is 2.59. The fourth-order valence-electron chi connectivity index (χ4n) is 1.93. The monoisotopic (exact) mass is 215 g/mol. The molecule has 1 unspecified atom stereocenters. The van der Waals surface area contributed by atoms with Crippen molar-refractivity contribution in [2.24, 2.45) is 5.41 Å². The fourth-order valence-corrected chi connectivity index (χ4v) is 1.93. The lowest BCUT2D eigenvalue weighted by Crippen LogP contribution is -2.39. The summed E-state index contributed by atoms with van der Waals surface area (Å²) in [6, 6.07) is -0.199. The summed E-state index contributed by atoms with van der Waals surface area (Å²) in [6.45, 7) is 6.31. The van der Waals surface area contributed by atoms with Crippen molar-refractivity contribution in [3.63, 3.8) is 0 Å². The molecule has 1 heterocycles. The molecule has 15 heavy (non-hydrogen) atoms. The third-order valence-corrected chi connectivity index (χ3v) is 2.61. The third kappa shape index (κ3) is 3.47. The maximum Gasteiger partial charge on any atom is 0.223 e. The van der Waals surface area contributed by atoms with Gasteiger partial charge in [-0.3, -0.25) is 4.79 Å². The van der Waals surface area contributed by atoms with Gasteiger partial charge in [0.2, 0.25) is 5.91 Å². The number of carbonyl (C=O) groups is 1. The van der Waals surface area contributed by atoms with Crippen LogP contribution in [-0.4, -0.2) is 46.3 Å². The van der Waals surface area contributed by atoms with E-state index in [1.165, 1.54) is 0 Å². The van der Waals surface area contributed by atoms with Crippen LogP contribution in [0.3, 0.4) is 0 Å². The average Bonchev–Trinajstić information content (AvgIpc) is 2.43. The van der Waals surface area contributed by atoms with Gasteiger partial charge in [-0.25, -0.2) is 0 Å². The molecular formula is C11H21NO3. The highest BCUT2D eigenvalue weighted by Gasteiger charge is 2.34. The normalized spacial score (nSPS) is 27.1. The second kappa shape index (κ2) is 4.49. The first-order valence-corrected chi connectivity index (χ1v) is 5.42. The van der Waals surface area contributed by atoms with Crippen molar-refractivity contribution >= 4 is 5.91 Å². The molecule has 0 aromatic carbocycles. The van der Waals surface area contributed by atoms with Crippen molar-refractivity contribution in [3.05, 3.63) is 0 Å². The van der Waals surface area contributed by atoms with Crippen molar-refractivity contribution in [2.75, 3.05) is 13.2 Å². The molecule has 1 rings (SSSR count). The zero-order valence-corrected chi connectivity index (χ0v) is 9.73. The van der Waals surface area contributed by atoms with Gasteiger partial charge < -0.3 is 15.1 Å². The van der Waals surface area contributed by atoms with Crippen LogP contribution in [0.5, 0.6) is 0 Å². The standard InChI is InChI=1S/C11H21NO3/c1-11(2,3)5-10(15)12-6-9(14)4-8(12)7-13/h8-9,13-14H,4-7H2,1-3H3/t8-,9?/m0/s1. The Morgan fingerprint density at radius 1 is 1.47 bits per heavy atom. The van der Waals surface area contributed by atoms with Crippen molar-refractivity contribution in [2.45, 2.75) is 45.8 Å². The second-order valence-corrected chi connectivity index (χ2v) is 5.51. The summed E-state index contributed by atoms with van der Waals surface area (Å²) in [5, 5.41) is 18.5. The lowest BCUT2D eigenvalue weighted by molar-refractivity contribution is -0.134. The molecule has 88 valence electrons. The fraction of sp³-hybridized carbons (Fsp3) is 0.909. The van der Waals surface area contributed by atoms with Crippen molar-refractivity contribution in [1.82, 2.24) is 4.90 Å². The minimum atomic E-state index is -0.480. The summed E-state index contributed by atoms with van der Waals surface area (Å²) in [7, 11) is 0. The number of rotatable bonds is 2. The Labute approximate surface area is 90.9 Å². The van der Waals surface area contributed by atoms with Crippen LogP contribution in [0.25, 0.3) is 0 Å². The van der Waals surface area contributed by atoms with Gasteiger partial charge in [-0.2, -0.15) is 0 Å². The van der Waals surface area contributed by atoms with E-state index in [1.54, 1.807) is 4.90 Å². The molecule has 2 N–H and O–H groups in total. The highest BCUT2D eigenvalue weighted by Crippen LogP contribution is 2.24. The molecule has 0 aromatic rings. The first kappa shape index (κ1) is 12.5. The van der Waals surface area contributed by atoms with Gasteiger partial charge in [0, 0.05) is 13.0 Å². The molecule has 0 saturated carbocycles. The van der Waals surface area contributed by atoms with Gasteiger partial charge in [0.15, 0.2) is 0 Å². The number of likely N-dealkylation sites (tertiary alicyclic amines) is 1. The molecule has 0 aromatic heterocycles. The van der Waals surface area contributed by atoms with Gasteiger partial charge in [-0.05, 0) is 11.8 Å². The van der Waals surface area contributed by atoms with Gasteiger partial charge in [-0.1, -0.05) is 20.8 Å². The lowest BCUT2D eigenvalue weighted by atomic mass is 9.91. The molecule has 1 amide bonds. The molecule has 1 fully saturated rings. The molecule has 1 saturated heterocycles.